The normalized spacial score (nSPS) is 11.0. The summed E-state index contributed by atoms with van der Waals surface area (Å²) in [6.45, 7) is 0.337. The van der Waals surface area contributed by atoms with Gasteiger partial charge >= 0.3 is 5.97 Å². The largest absolute Gasteiger partial charge is 0.487 e. The number of benzene rings is 3. The average molecular weight is 357 g/mol. The van der Waals surface area contributed by atoms with Crippen molar-refractivity contribution in [3.8, 4) is 5.75 Å². The van der Waals surface area contributed by atoms with Gasteiger partial charge in [-0.05, 0) is 35.4 Å². The molecule has 0 fully saturated rings. The van der Waals surface area contributed by atoms with Crippen molar-refractivity contribution >= 4 is 27.6 Å². The summed E-state index contributed by atoms with van der Waals surface area (Å²) in [7, 11) is 0. The number of fused-ring (bicyclic) bond motifs is 2. The lowest BCUT2D eigenvalue weighted by atomic mass is 10.00. The van der Waals surface area contributed by atoms with Gasteiger partial charge in [-0.25, -0.2) is 4.98 Å². The van der Waals surface area contributed by atoms with Gasteiger partial charge in [-0.15, -0.1) is 0 Å². The van der Waals surface area contributed by atoms with Crippen LogP contribution in [0.4, 0.5) is 0 Å². The van der Waals surface area contributed by atoms with Gasteiger partial charge in [0.1, 0.15) is 12.4 Å². The SMILES string of the molecule is O=C(O)CCc1c(OCc2ccc3ccccc3n2)ccc2ccccc12. The summed E-state index contributed by atoms with van der Waals surface area (Å²) in [5.41, 5.74) is 2.70. The molecular weight excluding hydrogens is 338 g/mol. The molecule has 0 saturated heterocycles. The van der Waals surface area contributed by atoms with Gasteiger partial charge in [-0.2, -0.15) is 0 Å². The number of pyridine rings is 1. The highest BCUT2D eigenvalue weighted by molar-refractivity contribution is 5.88. The molecule has 0 aliphatic heterocycles. The Kier molecular flexibility index (Phi) is 4.71. The van der Waals surface area contributed by atoms with Crippen LogP contribution in [0.15, 0.2) is 72.8 Å². The van der Waals surface area contributed by atoms with Crippen molar-refractivity contribution in [1.29, 1.82) is 0 Å². The minimum Gasteiger partial charge on any atom is -0.487 e. The third-order valence-corrected chi connectivity index (χ3v) is 4.62. The zero-order valence-corrected chi connectivity index (χ0v) is 14.8. The van der Waals surface area contributed by atoms with Crippen LogP contribution in [0.2, 0.25) is 0 Å². The number of carbonyl (C=O) groups is 1. The first-order valence-corrected chi connectivity index (χ1v) is 8.90. The van der Waals surface area contributed by atoms with E-state index in [1.807, 2.05) is 72.8 Å². The molecule has 27 heavy (non-hydrogen) atoms. The first-order chi connectivity index (χ1) is 13.2. The highest BCUT2D eigenvalue weighted by Crippen LogP contribution is 2.30. The van der Waals surface area contributed by atoms with Crippen LogP contribution in [0, 0.1) is 0 Å². The van der Waals surface area contributed by atoms with Crippen LogP contribution in [0.3, 0.4) is 0 Å². The lowest BCUT2D eigenvalue weighted by Gasteiger charge is -2.14. The molecule has 0 saturated carbocycles. The predicted octanol–water partition coefficient (Wildman–Crippen LogP) is 4.98. The van der Waals surface area contributed by atoms with E-state index in [2.05, 4.69) is 4.98 Å². The fourth-order valence-corrected chi connectivity index (χ4v) is 3.28. The van der Waals surface area contributed by atoms with Gasteiger partial charge < -0.3 is 9.84 Å². The average Bonchev–Trinajstić information content (AvgIpc) is 2.70. The number of carboxylic acids is 1. The van der Waals surface area contributed by atoms with Crippen molar-refractivity contribution in [2.24, 2.45) is 0 Å². The zero-order chi connectivity index (χ0) is 18.6. The third-order valence-electron chi connectivity index (χ3n) is 4.62. The lowest BCUT2D eigenvalue weighted by molar-refractivity contribution is -0.136. The number of hydrogen-bond acceptors (Lipinski definition) is 3. The smallest absolute Gasteiger partial charge is 0.303 e. The van der Waals surface area contributed by atoms with Gasteiger partial charge in [0.05, 0.1) is 11.2 Å². The van der Waals surface area contributed by atoms with E-state index in [0.29, 0.717) is 18.8 Å². The maximum absolute atomic E-state index is 11.1. The van der Waals surface area contributed by atoms with Crippen molar-refractivity contribution < 1.29 is 14.6 Å². The number of hydrogen-bond donors (Lipinski definition) is 1. The van der Waals surface area contributed by atoms with E-state index < -0.39 is 5.97 Å². The number of aliphatic carboxylic acids is 1. The molecule has 0 spiro atoms. The Labute approximate surface area is 157 Å². The molecule has 0 amide bonds. The summed E-state index contributed by atoms with van der Waals surface area (Å²) in [6.07, 6.45) is 0.496. The Morgan fingerprint density at radius 3 is 2.48 bits per heavy atom. The molecule has 1 heterocycles. The molecular formula is C23H19NO3. The van der Waals surface area contributed by atoms with Crippen LogP contribution in [-0.2, 0) is 17.8 Å². The fraction of sp³-hybridized carbons (Fsp3) is 0.130. The van der Waals surface area contributed by atoms with Crippen molar-refractivity contribution in [3.05, 3.63) is 84.1 Å². The molecule has 0 atom stereocenters. The van der Waals surface area contributed by atoms with Gasteiger partial charge in [0, 0.05) is 17.4 Å². The number of para-hydroxylation sites is 1. The zero-order valence-electron chi connectivity index (χ0n) is 14.8. The molecule has 3 aromatic carbocycles. The molecule has 0 aliphatic carbocycles. The molecule has 134 valence electrons. The van der Waals surface area contributed by atoms with Gasteiger partial charge in [0.25, 0.3) is 0 Å². The Morgan fingerprint density at radius 2 is 1.63 bits per heavy atom. The molecule has 4 nitrogen and oxygen atoms in total. The molecule has 0 unspecified atom stereocenters. The summed E-state index contributed by atoms with van der Waals surface area (Å²) >= 11 is 0. The Bertz CT molecular complexity index is 1120. The van der Waals surface area contributed by atoms with Crippen LogP contribution in [0.1, 0.15) is 17.7 Å². The van der Waals surface area contributed by atoms with Crippen LogP contribution in [-0.4, -0.2) is 16.1 Å². The van der Waals surface area contributed by atoms with E-state index >= 15 is 0 Å². The molecule has 4 rings (SSSR count). The molecule has 1 aromatic heterocycles. The van der Waals surface area contributed by atoms with E-state index in [-0.39, 0.29) is 6.42 Å². The van der Waals surface area contributed by atoms with Gasteiger partial charge in [-0.1, -0.05) is 54.6 Å². The number of aryl methyl sites for hydroxylation is 1. The molecule has 4 aromatic rings. The first kappa shape index (κ1) is 17.0. The van der Waals surface area contributed by atoms with E-state index in [9.17, 15) is 4.79 Å². The quantitative estimate of drug-likeness (QED) is 0.528. The van der Waals surface area contributed by atoms with E-state index in [4.69, 9.17) is 9.84 Å². The minimum absolute atomic E-state index is 0.0680. The number of aromatic nitrogens is 1. The third kappa shape index (κ3) is 3.75. The topological polar surface area (TPSA) is 59.4 Å². The minimum atomic E-state index is -0.815. The molecule has 4 heteroatoms. The monoisotopic (exact) mass is 357 g/mol. The molecule has 0 aliphatic rings. The lowest BCUT2D eigenvalue weighted by Crippen LogP contribution is -2.04. The molecule has 0 bridgehead atoms. The van der Waals surface area contributed by atoms with Crippen molar-refractivity contribution in [1.82, 2.24) is 4.98 Å². The van der Waals surface area contributed by atoms with Crippen LogP contribution >= 0.6 is 0 Å². The number of carboxylic acid groups (broad SMARTS) is 1. The van der Waals surface area contributed by atoms with Gasteiger partial charge in [0.15, 0.2) is 0 Å². The second-order valence-corrected chi connectivity index (χ2v) is 6.44. The summed E-state index contributed by atoms with van der Waals surface area (Å²) < 4.78 is 6.06. The Morgan fingerprint density at radius 1 is 0.889 bits per heavy atom. The second kappa shape index (κ2) is 7.46. The van der Waals surface area contributed by atoms with Crippen molar-refractivity contribution in [3.63, 3.8) is 0 Å². The van der Waals surface area contributed by atoms with E-state index in [0.717, 1.165) is 32.9 Å². The summed E-state index contributed by atoms with van der Waals surface area (Å²) in [4.78, 5) is 15.7. The highest BCUT2D eigenvalue weighted by atomic mass is 16.5. The van der Waals surface area contributed by atoms with Crippen LogP contribution in [0.25, 0.3) is 21.7 Å². The molecule has 1 N–H and O–H groups in total. The second-order valence-electron chi connectivity index (χ2n) is 6.44. The van der Waals surface area contributed by atoms with Gasteiger partial charge in [-0.3, -0.25) is 4.79 Å². The first-order valence-electron chi connectivity index (χ1n) is 8.90. The van der Waals surface area contributed by atoms with Crippen LogP contribution < -0.4 is 4.74 Å². The van der Waals surface area contributed by atoms with Gasteiger partial charge in [0.2, 0.25) is 0 Å². The maximum atomic E-state index is 11.1. The highest BCUT2D eigenvalue weighted by Gasteiger charge is 2.11. The number of rotatable bonds is 6. The predicted molar refractivity (Wildman–Crippen MR) is 106 cm³/mol. The standard InChI is InChI=1S/C23H19NO3/c25-23(26)14-12-20-19-7-3-1-5-16(19)10-13-22(20)27-15-18-11-9-17-6-2-4-8-21(17)24-18/h1-11,13H,12,14-15H2,(H,25,26). The van der Waals surface area contributed by atoms with Crippen LogP contribution in [0.5, 0.6) is 5.75 Å². The van der Waals surface area contributed by atoms with E-state index in [1.54, 1.807) is 0 Å². The maximum Gasteiger partial charge on any atom is 0.303 e. The Balaban J connectivity index is 1.63. The van der Waals surface area contributed by atoms with Crippen molar-refractivity contribution in [2.75, 3.05) is 0 Å². The van der Waals surface area contributed by atoms with Crippen molar-refractivity contribution in [2.45, 2.75) is 19.4 Å². The fourth-order valence-electron chi connectivity index (χ4n) is 3.28. The Hall–Kier alpha value is -3.40. The summed E-state index contributed by atoms with van der Waals surface area (Å²) in [5.74, 6) is -0.102. The number of nitrogens with zero attached hydrogens (tertiary/aromatic N) is 1. The summed E-state index contributed by atoms with van der Waals surface area (Å²) in [5, 5.41) is 12.3. The summed E-state index contributed by atoms with van der Waals surface area (Å²) in [6, 6.07) is 23.8. The van der Waals surface area contributed by atoms with E-state index in [1.165, 1.54) is 0 Å². The number of ether oxygens (including phenoxy) is 1. The molecule has 0 radical (unpaired) electrons.